The van der Waals surface area contributed by atoms with Gasteiger partial charge in [-0.1, -0.05) is 17.7 Å². The van der Waals surface area contributed by atoms with E-state index in [9.17, 15) is 8.42 Å². The SMILES string of the molecule is CNS(=O)(=O)c1ccc(CNc2cccc(Cl)n2)o1. The topological polar surface area (TPSA) is 84.2 Å². The lowest BCUT2D eigenvalue weighted by atomic mass is 10.4. The van der Waals surface area contributed by atoms with Crippen LogP contribution in [0.4, 0.5) is 5.82 Å². The molecule has 19 heavy (non-hydrogen) atoms. The third kappa shape index (κ3) is 3.46. The molecule has 2 rings (SSSR count). The van der Waals surface area contributed by atoms with Crippen LogP contribution >= 0.6 is 11.6 Å². The zero-order valence-electron chi connectivity index (χ0n) is 10.1. The summed E-state index contributed by atoms with van der Waals surface area (Å²) >= 11 is 5.75. The van der Waals surface area contributed by atoms with E-state index in [1.54, 1.807) is 24.3 Å². The molecule has 0 unspecified atom stereocenters. The van der Waals surface area contributed by atoms with Crippen LogP contribution < -0.4 is 10.0 Å². The van der Waals surface area contributed by atoms with Gasteiger partial charge < -0.3 is 9.73 Å². The van der Waals surface area contributed by atoms with Crippen molar-refractivity contribution in [3.05, 3.63) is 41.2 Å². The molecule has 6 nitrogen and oxygen atoms in total. The van der Waals surface area contributed by atoms with Crippen molar-refractivity contribution in [1.29, 1.82) is 0 Å². The molecule has 0 bridgehead atoms. The van der Waals surface area contributed by atoms with Crippen molar-refractivity contribution in [2.45, 2.75) is 11.6 Å². The standard InChI is InChI=1S/C11H12ClN3O3S/c1-13-19(16,17)11-6-5-8(18-11)7-14-10-4-2-3-9(12)15-10/h2-6,13H,7H2,1H3,(H,14,15). The molecule has 0 aliphatic heterocycles. The minimum absolute atomic E-state index is 0.120. The van der Waals surface area contributed by atoms with Crippen LogP contribution in [-0.2, 0) is 16.6 Å². The molecule has 8 heteroatoms. The number of aromatic nitrogens is 1. The third-order valence-electron chi connectivity index (χ3n) is 2.33. The van der Waals surface area contributed by atoms with Gasteiger partial charge in [0.25, 0.3) is 10.0 Å². The Kier molecular flexibility index (Phi) is 4.08. The number of nitrogens with zero attached hydrogens (tertiary/aromatic N) is 1. The molecule has 2 aromatic rings. The summed E-state index contributed by atoms with van der Waals surface area (Å²) in [5.41, 5.74) is 0. The predicted molar refractivity (Wildman–Crippen MR) is 71.5 cm³/mol. The van der Waals surface area contributed by atoms with E-state index in [1.165, 1.54) is 13.1 Å². The number of hydrogen-bond donors (Lipinski definition) is 2. The molecule has 0 spiro atoms. The fraction of sp³-hybridized carbons (Fsp3) is 0.182. The van der Waals surface area contributed by atoms with Crippen LogP contribution in [0, 0.1) is 0 Å². The summed E-state index contributed by atoms with van der Waals surface area (Å²) < 4.78 is 30.4. The van der Waals surface area contributed by atoms with Gasteiger partial charge in [-0.15, -0.1) is 0 Å². The summed E-state index contributed by atoms with van der Waals surface area (Å²) in [6.07, 6.45) is 0. The highest BCUT2D eigenvalue weighted by Crippen LogP contribution is 2.15. The first-order valence-electron chi connectivity index (χ1n) is 5.40. The van der Waals surface area contributed by atoms with Gasteiger partial charge in [-0.2, -0.15) is 0 Å². The zero-order chi connectivity index (χ0) is 13.9. The Morgan fingerprint density at radius 3 is 2.79 bits per heavy atom. The Hall–Kier alpha value is -1.57. The molecule has 2 heterocycles. The molecule has 0 fully saturated rings. The Morgan fingerprint density at radius 2 is 2.11 bits per heavy atom. The van der Waals surface area contributed by atoms with E-state index in [2.05, 4.69) is 15.0 Å². The molecular weight excluding hydrogens is 290 g/mol. The number of nitrogens with one attached hydrogen (secondary N) is 2. The van der Waals surface area contributed by atoms with Crippen molar-refractivity contribution in [2.75, 3.05) is 12.4 Å². The Morgan fingerprint density at radius 1 is 1.32 bits per heavy atom. The summed E-state index contributed by atoms with van der Waals surface area (Å²) in [6.45, 7) is 0.312. The number of anilines is 1. The second-order valence-corrected chi connectivity index (χ2v) is 5.83. The summed E-state index contributed by atoms with van der Waals surface area (Å²) in [5, 5.41) is 3.24. The summed E-state index contributed by atoms with van der Waals surface area (Å²) in [7, 11) is -2.22. The van der Waals surface area contributed by atoms with Gasteiger partial charge in [0, 0.05) is 0 Å². The number of hydrogen-bond acceptors (Lipinski definition) is 5. The van der Waals surface area contributed by atoms with E-state index in [4.69, 9.17) is 16.0 Å². The molecule has 0 amide bonds. The number of sulfonamides is 1. The van der Waals surface area contributed by atoms with Gasteiger partial charge in [0.05, 0.1) is 6.54 Å². The van der Waals surface area contributed by atoms with Gasteiger partial charge in [0.1, 0.15) is 16.7 Å². The summed E-state index contributed by atoms with van der Waals surface area (Å²) in [6, 6.07) is 8.16. The van der Waals surface area contributed by atoms with Crippen LogP contribution in [-0.4, -0.2) is 20.4 Å². The largest absolute Gasteiger partial charge is 0.446 e. The number of furan rings is 1. The normalized spacial score (nSPS) is 11.5. The minimum atomic E-state index is -3.55. The van der Waals surface area contributed by atoms with Gasteiger partial charge in [0.2, 0.25) is 5.09 Å². The Labute approximate surface area is 115 Å². The van der Waals surface area contributed by atoms with E-state index in [-0.39, 0.29) is 5.09 Å². The number of halogens is 1. The van der Waals surface area contributed by atoms with Crippen molar-refractivity contribution < 1.29 is 12.8 Å². The van der Waals surface area contributed by atoms with E-state index < -0.39 is 10.0 Å². The molecule has 0 aliphatic carbocycles. The molecule has 0 aromatic carbocycles. The van der Waals surface area contributed by atoms with Crippen molar-refractivity contribution in [2.24, 2.45) is 0 Å². The second-order valence-electron chi connectivity index (χ2n) is 3.63. The van der Waals surface area contributed by atoms with Crippen LogP contribution in [0.3, 0.4) is 0 Å². The lowest BCUT2D eigenvalue weighted by Crippen LogP contribution is -2.17. The minimum Gasteiger partial charge on any atom is -0.446 e. The molecular formula is C11H12ClN3O3S. The van der Waals surface area contributed by atoms with Crippen molar-refractivity contribution >= 4 is 27.4 Å². The van der Waals surface area contributed by atoms with E-state index >= 15 is 0 Å². The molecule has 0 aliphatic rings. The smallest absolute Gasteiger partial charge is 0.273 e. The summed E-state index contributed by atoms with van der Waals surface area (Å²) in [4.78, 5) is 4.04. The first-order valence-corrected chi connectivity index (χ1v) is 7.26. The van der Waals surface area contributed by atoms with Gasteiger partial charge in [-0.25, -0.2) is 18.1 Å². The molecule has 2 N–H and O–H groups in total. The highest BCUT2D eigenvalue weighted by molar-refractivity contribution is 7.89. The predicted octanol–water partition coefficient (Wildman–Crippen LogP) is 1.85. The highest BCUT2D eigenvalue weighted by atomic mass is 35.5. The fourth-order valence-electron chi connectivity index (χ4n) is 1.38. The first-order chi connectivity index (χ1) is 9.01. The molecule has 0 saturated heterocycles. The molecule has 102 valence electrons. The monoisotopic (exact) mass is 301 g/mol. The Bertz CT molecular complexity index is 669. The van der Waals surface area contributed by atoms with Crippen LogP contribution in [0.2, 0.25) is 5.15 Å². The van der Waals surface area contributed by atoms with Gasteiger partial charge in [0.15, 0.2) is 0 Å². The lowest BCUT2D eigenvalue weighted by Gasteiger charge is -2.03. The average molecular weight is 302 g/mol. The van der Waals surface area contributed by atoms with E-state index in [1.807, 2.05) is 0 Å². The average Bonchev–Trinajstić information content (AvgIpc) is 2.86. The van der Waals surface area contributed by atoms with Gasteiger partial charge in [-0.05, 0) is 31.3 Å². The van der Waals surface area contributed by atoms with E-state index in [0.717, 1.165) is 0 Å². The maximum atomic E-state index is 11.5. The third-order valence-corrected chi connectivity index (χ3v) is 3.83. The van der Waals surface area contributed by atoms with Crippen LogP contribution in [0.5, 0.6) is 0 Å². The zero-order valence-corrected chi connectivity index (χ0v) is 11.6. The maximum Gasteiger partial charge on any atom is 0.273 e. The second kappa shape index (κ2) is 5.60. The van der Waals surface area contributed by atoms with Crippen molar-refractivity contribution in [1.82, 2.24) is 9.71 Å². The maximum absolute atomic E-state index is 11.5. The molecule has 0 atom stereocenters. The van der Waals surface area contributed by atoms with Crippen LogP contribution in [0.15, 0.2) is 39.8 Å². The molecule has 0 saturated carbocycles. The van der Waals surface area contributed by atoms with Gasteiger partial charge in [-0.3, -0.25) is 0 Å². The van der Waals surface area contributed by atoms with Crippen LogP contribution in [0.25, 0.3) is 0 Å². The quantitative estimate of drug-likeness (QED) is 0.823. The van der Waals surface area contributed by atoms with Gasteiger partial charge >= 0.3 is 0 Å². The Balaban J connectivity index is 2.05. The van der Waals surface area contributed by atoms with E-state index in [0.29, 0.717) is 23.3 Å². The first kappa shape index (κ1) is 13.9. The number of rotatable bonds is 5. The van der Waals surface area contributed by atoms with Crippen LogP contribution in [0.1, 0.15) is 5.76 Å². The highest BCUT2D eigenvalue weighted by Gasteiger charge is 2.16. The molecule has 2 aromatic heterocycles. The number of pyridine rings is 1. The lowest BCUT2D eigenvalue weighted by molar-refractivity contribution is 0.417. The van der Waals surface area contributed by atoms with Crippen molar-refractivity contribution in [3.8, 4) is 0 Å². The van der Waals surface area contributed by atoms with Crippen molar-refractivity contribution in [3.63, 3.8) is 0 Å². The molecule has 0 radical (unpaired) electrons. The summed E-state index contributed by atoms with van der Waals surface area (Å²) in [5.74, 6) is 1.07. The fourth-order valence-corrected chi connectivity index (χ4v) is 2.21.